The lowest BCUT2D eigenvalue weighted by atomic mass is 10.1. The van der Waals surface area contributed by atoms with Crippen molar-refractivity contribution < 1.29 is 19.0 Å². The average molecular weight is 389 g/mol. The summed E-state index contributed by atoms with van der Waals surface area (Å²) in [6.45, 7) is 4.31. The number of nitrogens with zero attached hydrogens (tertiary/aromatic N) is 3. The summed E-state index contributed by atoms with van der Waals surface area (Å²) in [7, 11) is 0. The number of carbonyl (C=O) groups is 1. The van der Waals surface area contributed by atoms with Crippen LogP contribution >= 0.6 is 23.1 Å². The Hall–Kier alpha value is -2.39. The Morgan fingerprint density at radius 2 is 2.15 bits per heavy atom. The quantitative estimate of drug-likeness (QED) is 0.485. The number of esters is 1. The Morgan fingerprint density at radius 3 is 3.00 bits per heavy atom. The molecule has 7 nitrogen and oxygen atoms in total. The zero-order chi connectivity index (χ0) is 18.1. The van der Waals surface area contributed by atoms with E-state index in [2.05, 4.69) is 15.2 Å². The first-order valence-electron chi connectivity index (χ1n) is 7.98. The molecule has 0 fully saturated rings. The van der Waals surface area contributed by atoms with Crippen molar-refractivity contribution in [2.24, 2.45) is 0 Å². The lowest BCUT2D eigenvalue weighted by Crippen LogP contribution is -2.07. The number of ether oxygens (including phenoxy) is 3. The van der Waals surface area contributed by atoms with Gasteiger partial charge in [0.2, 0.25) is 6.79 Å². The van der Waals surface area contributed by atoms with E-state index >= 15 is 0 Å². The number of benzene rings is 1. The van der Waals surface area contributed by atoms with E-state index in [1.165, 1.54) is 11.8 Å². The van der Waals surface area contributed by atoms with Crippen LogP contribution in [0.1, 0.15) is 11.9 Å². The molecule has 0 bridgehead atoms. The summed E-state index contributed by atoms with van der Waals surface area (Å²) in [6.07, 6.45) is 0. The summed E-state index contributed by atoms with van der Waals surface area (Å²) >= 11 is 2.84. The van der Waals surface area contributed by atoms with Gasteiger partial charge in [-0.3, -0.25) is 4.79 Å². The molecule has 0 unspecified atom stereocenters. The molecule has 9 heteroatoms. The lowest BCUT2D eigenvalue weighted by molar-refractivity contribution is -0.139. The maximum atomic E-state index is 11.6. The van der Waals surface area contributed by atoms with Crippen molar-refractivity contribution in [2.45, 2.75) is 18.9 Å². The second-order valence-corrected chi connectivity index (χ2v) is 7.59. The van der Waals surface area contributed by atoms with Crippen LogP contribution in [0.2, 0.25) is 0 Å². The van der Waals surface area contributed by atoms with Crippen molar-refractivity contribution in [1.29, 1.82) is 0 Å². The fourth-order valence-electron chi connectivity index (χ4n) is 2.58. The third-order valence-corrected chi connectivity index (χ3v) is 5.58. The Morgan fingerprint density at radius 1 is 1.31 bits per heavy atom. The van der Waals surface area contributed by atoms with Gasteiger partial charge in [0.1, 0.15) is 16.2 Å². The summed E-state index contributed by atoms with van der Waals surface area (Å²) in [6, 6.07) is 5.69. The Balaban J connectivity index is 1.71. The molecule has 134 valence electrons. The van der Waals surface area contributed by atoms with E-state index in [4.69, 9.17) is 14.2 Å². The zero-order valence-electron chi connectivity index (χ0n) is 14.1. The molecule has 0 amide bonds. The maximum Gasteiger partial charge on any atom is 0.316 e. The van der Waals surface area contributed by atoms with Crippen LogP contribution in [0, 0.1) is 6.92 Å². The second kappa shape index (κ2) is 7.08. The zero-order valence-corrected chi connectivity index (χ0v) is 15.8. The molecular formula is C17H15N3O4S2. The van der Waals surface area contributed by atoms with Crippen LogP contribution in [0.5, 0.6) is 11.5 Å². The molecule has 2 aromatic heterocycles. The molecule has 0 saturated carbocycles. The van der Waals surface area contributed by atoms with Crippen LogP contribution in [0.3, 0.4) is 0 Å². The molecule has 3 aromatic rings. The number of hydrogen-bond donors (Lipinski definition) is 0. The van der Waals surface area contributed by atoms with Crippen molar-refractivity contribution >= 4 is 39.3 Å². The van der Waals surface area contributed by atoms with Gasteiger partial charge >= 0.3 is 5.97 Å². The minimum absolute atomic E-state index is 0.178. The third-order valence-electron chi connectivity index (χ3n) is 3.67. The van der Waals surface area contributed by atoms with Gasteiger partial charge in [-0.05, 0) is 32.0 Å². The smallest absolute Gasteiger partial charge is 0.316 e. The molecule has 1 aliphatic rings. The van der Waals surface area contributed by atoms with Gasteiger partial charge in [-0.2, -0.15) is 0 Å². The van der Waals surface area contributed by atoms with E-state index in [-0.39, 0.29) is 18.5 Å². The van der Waals surface area contributed by atoms with Crippen LogP contribution in [-0.4, -0.2) is 40.3 Å². The van der Waals surface area contributed by atoms with Crippen molar-refractivity contribution in [3.8, 4) is 22.8 Å². The van der Waals surface area contributed by atoms with Gasteiger partial charge < -0.3 is 14.2 Å². The highest BCUT2D eigenvalue weighted by molar-refractivity contribution is 8.00. The van der Waals surface area contributed by atoms with Crippen molar-refractivity contribution in [3.63, 3.8) is 0 Å². The van der Waals surface area contributed by atoms with Crippen molar-refractivity contribution in [1.82, 2.24) is 15.2 Å². The number of aromatic nitrogens is 3. The van der Waals surface area contributed by atoms with E-state index in [1.54, 1.807) is 18.3 Å². The Kier molecular flexibility index (Phi) is 4.64. The van der Waals surface area contributed by atoms with Gasteiger partial charge in [0.15, 0.2) is 11.5 Å². The van der Waals surface area contributed by atoms with Gasteiger partial charge in [-0.25, -0.2) is 4.98 Å². The topological polar surface area (TPSA) is 83.4 Å². The lowest BCUT2D eigenvalue weighted by Gasteiger charge is -2.06. The first kappa shape index (κ1) is 17.0. The number of thioether (sulfide) groups is 1. The summed E-state index contributed by atoms with van der Waals surface area (Å²) < 4.78 is 16.7. The number of hydrogen-bond acceptors (Lipinski definition) is 9. The fourth-order valence-corrected chi connectivity index (χ4v) is 4.29. The molecular weight excluding hydrogens is 374 g/mol. The van der Waals surface area contributed by atoms with Crippen LogP contribution in [0.15, 0.2) is 23.2 Å². The second-order valence-electron chi connectivity index (χ2n) is 5.43. The van der Waals surface area contributed by atoms with Crippen LogP contribution < -0.4 is 9.47 Å². The summed E-state index contributed by atoms with van der Waals surface area (Å²) in [4.78, 5) is 16.2. The van der Waals surface area contributed by atoms with E-state index in [0.29, 0.717) is 17.4 Å². The molecule has 4 rings (SSSR count). The van der Waals surface area contributed by atoms with E-state index in [0.717, 1.165) is 32.2 Å². The van der Waals surface area contributed by atoms with E-state index < -0.39 is 0 Å². The highest BCUT2D eigenvalue weighted by atomic mass is 32.2. The molecule has 1 aliphatic heterocycles. The molecule has 0 N–H and O–H groups in total. The first-order valence-corrected chi connectivity index (χ1v) is 9.78. The van der Waals surface area contributed by atoms with E-state index in [9.17, 15) is 4.79 Å². The number of rotatable bonds is 5. The molecule has 0 atom stereocenters. The predicted octanol–water partition coefficient (Wildman–Crippen LogP) is 3.45. The van der Waals surface area contributed by atoms with Gasteiger partial charge in [0.25, 0.3) is 0 Å². The summed E-state index contributed by atoms with van der Waals surface area (Å²) in [5.41, 5.74) is 2.38. The molecule has 3 heterocycles. The highest BCUT2D eigenvalue weighted by Crippen LogP contribution is 2.39. The predicted molar refractivity (Wildman–Crippen MR) is 98.9 cm³/mol. The normalized spacial score (nSPS) is 12.5. The fraction of sp³-hybridized carbons (Fsp3) is 0.294. The van der Waals surface area contributed by atoms with Crippen molar-refractivity contribution in [2.75, 3.05) is 19.2 Å². The molecule has 0 spiro atoms. The average Bonchev–Trinajstić information content (AvgIpc) is 3.25. The summed E-state index contributed by atoms with van der Waals surface area (Å²) in [5, 5.41) is 10.2. The monoisotopic (exact) mass is 389 g/mol. The molecule has 26 heavy (non-hydrogen) atoms. The van der Waals surface area contributed by atoms with Gasteiger partial charge in [0, 0.05) is 5.56 Å². The number of thiazole rings is 1. The number of aryl methyl sites for hydroxylation is 1. The van der Waals surface area contributed by atoms with E-state index in [1.807, 2.05) is 25.1 Å². The van der Waals surface area contributed by atoms with Crippen molar-refractivity contribution in [3.05, 3.63) is 23.2 Å². The van der Waals surface area contributed by atoms with Gasteiger partial charge in [-0.1, -0.05) is 11.8 Å². The first-order chi connectivity index (χ1) is 12.7. The highest BCUT2D eigenvalue weighted by Gasteiger charge is 2.20. The Labute approximate surface area is 157 Å². The molecule has 1 aromatic carbocycles. The SMILES string of the molecule is CCOC(=O)CSc1nnc(-c2ccc3c(c2)OCO3)c2sc(C)nc12. The maximum absolute atomic E-state index is 11.6. The van der Waals surface area contributed by atoms with Crippen LogP contribution in [0.25, 0.3) is 21.5 Å². The summed E-state index contributed by atoms with van der Waals surface area (Å²) in [5.74, 6) is 1.32. The molecule has 0 aliphatic carbocycles. The van der Waals surface area contributed by atoms with Gasteiger partial charge in [0.05, 0.1) is 22.1 Å². The van der Waals surface area contributed by atoms with Crippen LogP contribution in [-0.2, 0) is 9.53 Å². The molecule has 0 saturated heterocycles. The minimum Gasteiger partial charge on any atom is -0.465 e. The van der Waals surface area contributed by atoms with Gasteiger partial charge in [-0.15, -0.1) is 21.5 Å². The standard InChI is InChI=1S/C17H15N3O4S2/c1-3-22-13(21)7-25-17-15-16(26-9(2)18-15)14(19-20-17)10-4-5-11-12(6-10)24-8-23-11/h4-6H,3,7-8H2,1-2H3. The third kappa shape index (κ3) is 3.19. The Bertz CT molecular complexity index is 990. The van der Waals surface area contributed by atoms with Crippen LogP contribution in [0.4, 0.5) is 0 Å². The number of fused-ring (bicyclic) bond motifs is 2. The largest absolute Gasteiger partial charge is 0.465 e. The minimum atomic E-state index is -0.278. The number of carbonyl (C=O) groups excluding carboxylic acids is 1. The molecule has 0 radical (unpaired) electrons.